The maximum absolute atomic E-state index is 14.0. The van der Waals surface area contributed by atoms with E-state index in [2.05, 4.69) is 24.4 Å². The molecule has 2 aliphatic rings. The molecular formula is C29H33FN4O2. The molecule has 7 heteroatoms. The smallest absolute Gasteiger partial charge is 0.273 e. The molecule has 1 atom stereocenters. The van der Waals surface area contributed by atoms with Gasteiger partial charge in [-0.1, -0.05) is 62.6 Å². The number of benzene rings is 2. The van der Waals surface area contributed by atoms with Gasteiger partial charge in [0.1, 0.15) is 17.1 Å². The van der Waals surface area contributed by atoms with Crippen molar-refractivity contribution in [2.75, 3.05) is 0 Å². The lowest BCUT2D eigenvalue weighted by Gasteiger charge is -2.44. The van der Waals surface area contributed by atoms with Crippen LogP contribution in [0.1, 0.15) is 67.6 Å². The molecule has 2 heterocycles. The van der Waals surface area contributed by atoms with Crippen LogP contribution in [0, 0.1) is 5.82 Å². The van der Waals surface area contributed by atoms with Crippen LogP contribution in [-0.2, 0) is 24.3 Å². The van der Waals surface area contributed by atoms with E-state index < -0.39 is 5.54 Å². The second-order valence-electron chi connectivity index (χ2n) is 10.2. The van der Waals surface area contributed by atoms with Crippen molar-refractivity contribution in [1.82, 2.24) is 20.0 Å². The fourth-order valence-electron chi connectivity index (χ4n) is 5.35. The number of hydrogen-bond acceptors (Lipinski definition) is 3. The number of hydrogen-bond donors (Lipinski definition) is 1. The molecule has 36 heavy (non-hydrogen) atoms. The molecule has 1 saturated carbocycles. The highest BCUT2D eigenvalue weighted by Gasteiger charge is 2.48. The molecule has 1 fully saturated rings. The van der Waals surface area contributed by atoms with Crippen LogP contribution in [0.25, 0.3) is 11.3 Å². The lowest BCUT2D eigenvalue weighted by molar-refractivity contribution is -0.134. The Bertz CT molecular complexity index is 1260. The largest absolute Gasteiger partial charge is 0.351 e. The van der Waals surface area contributed by atoms with Gasteiger partial charge in [-0.3, -0.25) is 14.3 Å². The number of rotatable bonds is 6. The summed E-state index contributed by atoms with van der Waals surface area (Å²) in [6.07, 6.45) is 6.22. The van der Waals surface area contributed by atoms with Crippen LogP contribution in [0.3, 0.4) is 0 Å². The van der Waals surface area contributed by atoms with Crippen LogP contribution in [0.15, 0.2) is 54.6 Å². The third kappa shape index (κ3) is 4.66. The lowest BCUT2D eigenvalue weighted by Crippen LogP contribution is -2.64. The predicted octanol–water partition coefficient (Wildman–Crippen LogP) is 5.12. The topological polar surface area (TPSA) is 67.2 Å². The first kappa shape index (κ1) is 24.2. The highest BCUT2D eigenvalue weighted by Crippen LogP contribution is 2.32. The Hall–Kier alpha value is -3.48. The lowest BCUT2D eigenvalue weighted by atomic mass is 9.91. The van der Waals surface area contributed by atoms with Crippen LogP contribution < -0.4 is 5.32 Å². The Morgan fingerprint density at radius 2 is 1.83 bits per heavy atom. The van der Waals surface area contributed by atoms with Crippen LogP contribution in [0.5, 0.6) is 0 Å². The summed E-state index contributed by atoms with van der Waals surface area (Å²) < 4.78 is 15.6. The number of carbonyl (C=O) groups is 2. The molecule has 1 N–H and O–H groups in total. The summed E-state index contributed by atoms with van der Waals surface area (Å²) in [6, 6.07) is 16.3. The van der Waals surface area contributed by atoms with Gasteiger partial charge >= 0.3 is 0 Å². The van der Waals surface area contributed by atoms with E-state index in [1.807, 2.05) is 12.1 Å². The number of carbonyl (C=O) groups excluding carboxylic acids is 2. The zero-order chi connectivity index (χ0) is 25.3. The molecule has 1 aliphatic heterocycles. The number of aromatic nitrogens is 2. The summed E-state index contributed by atoms with van der Waals surface area (Å²) in [4.78, 5) is 29.2. The number of nitrogens with zero attached hydrogens (tertiary/aromatic N) is 3. The maximum atomic E-state index is 14.0. The number of nitrogens with one attached hydrogen (secondary N) is 1. The summed E-state index contributed by atoms with van der Waals surface area (Å²) in [7, 11) is 0. The Morgan fingerprint density at radius 1 is 1.08 bits per heavy atom. The van der Waals surface area contributed by atoms with Gasteiger partial charge < -0.3 is 10.2 Å². The summed E-state index contributed by atoms with van der Waals surface area (Å²) in [5, 5.41) is 7.95. The van der Waals surface area contributed by atoms with Crippen molar-refractivity contribution in [1.29, 1.82) is 0 Å². The minimum absolute atomic E-state index is 0.112. The summed E-state index contributed by atoms with van der Waals surface area (Å²) in [5.74, 6) is -0.835. The minimum atomic E-state index is -1.16. The van der Waals surface area contributed by atoms with Crippen molar-refractivity contribution >= 4 is 11.8 Å². The van der Waals surface area contributed by atoms with E-state index in [4.69, 9.17) is 5.10 Å². The number of amides is 2. The molecule has 1 aliphatic carbocycles. The molecule has 3 aromatic rings. The van der Waals surface area contributed by atoms with Crippen molar-refractivity contribution < 1.29 is 14.0 Å². The summed E-state index contributed by atoms with van der Waals surface area (Å²) >= 11 is 0. The monoisotopic (exact) mass is 488 g/mol. The van der Waals surface area contributed by atoms with E-state index in [0.717, 1.165) is 37.7 Å². The third-order valence-corrected chi connectivity index (χ3v) is 7.61. The second-order valence-corrected chi connectivity index (χ2v) is 10.2. The van der Waals surface area contributed by atoms with E-state index in [-0.39, 0.29) is 36.8 Å². The van der Waals surface area contributed by atoms with Gasteiger partial charge in [0.05, 0.1) is 12.2 Å². The molecule has 0 spiro atoms. The van der Waals surface area contributed by atoms with Crippen molar-refractivity contribution in [2.45, 2.75) is 77.0 Å². The van der Waals surface area contributed by atoms with Gasteiger partial charge in [0.25, 0.3) is 5.91 Å². The minimum Gasteiger partial charge on any atom is -0.351 e. The van der Waals surface area contributed by atoms with E-state index in [0.29, 0.717) is 17.0 Å². The second kappa shape index (κ2) is 9.88. The molecule has 0 saturated heterocycles. The van der Waals surface area contributed by atoms with E-state index in [1.54, 1.807) is 34.7 Å². The molecule has 5 rings (SSSR count). The van der Waals surface area contributed by atoms with Crippen molar-refractivity contribution in [3.05, 3.63) is 77.2 Å². The molecule has 1 aromatic heterocycles. The first-order valence-electron chi connectivity index (χ1n) is 12.9. The van der Waals surface area contributed by atoms with Gasteiger partial charge in [0.15, 0.2) is 0 Å². The van der Waals surface area contributed by atoms with Gasteiger partial charge in [-0.15, -0.1) is 0 Å². The van der Waals surface area contributed by atoms with Gasteiger partial charge in [-0.05, 0) is 55.5 Å². The average Bonchev–Trinajstić information content (AvgIpc) is 3.31. The highest BCUT2D eigenvalue weighted by molar-refractivity contribution is 6.00. The third-order valence-electron chi connectivity index (χ3n) is 7.61. The zero-order valence-corrected chi connectivity index (χ0v) is 21.0. The predicted molar refractivity (Wildman–Crippen MR) is 137 cm³/mol. The van der Waals surface area contributed by atoms with Gasteiger partial charge in [0, 0.05) is 18.2 Å². The van der Waals surface area contributed by atoms with Crippen LogP contribution in [0.2, 0.25) is 0 Å². The Balaban J connectivity index is 1.50. The molecule has 6 nitrogen and oxygen atoms in total. The molecule has 2 amide bonds. The zero-order valence-electron chi connectivity index (χ0n) is 21.0. The molecule has 188 valence electrons. The van der Waals surface area contributed by atoms with Crippen LogP contribution in [-0.4, -0.2) is 38.1 Å². The van der Waals surface area contributed by atoms with Gasteiger partial charge in [-0.25, -0.2) is 4.39 Å². The Labute approximate surface area is 211 Å². The summed E-state index contributed by atoms with van der Waals surface area (Å²) in [6.45, 7) is 4.27. The van der Waals surface area contributed by atoms with E-state index in [1.165, 1.54) is 24.1 Å². The fraction of sp³-hybridized carbons (Fsp3) is 0.414. The fourth-order valence-corrected chi connectivity index (χ4v) is 5.35. The maximum Gasteiger partial charge on any atom is 0.273 e. The van der Waals surface area contributed by atoms with Crippen LogP contribution in [0.4, 0.5) is 4.39 Å². The number of halogens is 1. The summed E-state index contributed by atoms with van der Waals surface area (Å²) in [5.41, 5.74) is 2.76. The molecule has 0 bridgehead atoms. The quantitative estimate of drug-likeness (QED) is 0.524. The van der Waals surface area contributed by atoms with E-state index in [9.17, 15) is 14.0 Å². The Morgan fingerprint density at radius 3 is 2.53 bits per heavy atom. The standard InChI is InChI=1S/C29H33FN4O2/c1-3-20-12-14-22(15-13-20)25-17-26-27(35)33(18-21-8-7-9-23(30)16-21)29(2,19-34(26)32-25)28(36)31-24-10-5-4-6-11-24/h7-9,12-17,24H,3-6,10-11,18-19H2,1-2H3,(H,31,36). The van der Waals surface area contributed by atoms with Gasteiger partial charge in [-0.2, -0.15) is 5.10 Å². The SMILES string of the molecule is CCc1ccc(-c2cc3n(n2)CC(C)(C(=O)NC2CCCCC2)N(Cc2cccc(F)c2)C3=O)cc1. The van der Waals surface area contributed by atoms with Crippen LogP contribution >= 0.6 is 0 Å². The van der Waals surface area contributed by atoms with Crippen molar-refractivity contribution in [3.8, 4) is 11.3 Å². The molecule has 0 radical (unpaired) electrons. The van der Waals surface area contributed by atoms with Crippen molar-refractivity contribution in [2.24, 2.45) is 0 Å². The van der Waals surface area contributed by atoms with Gasteiger partial charge in [0.2, 0.25) is 5.91 Å². The Kier molecular flexibility index (Phi) is 6.65. The number of aryl methyl sites for hydroxylation is 1. The normalized spacial score (nSPS) is 20.3. The highest BCUT2D eigenvalue weighted by atomic mass is 19.1. The number of fused-ring (bicyclic) bond motifs is 1. The first-order valence-corrected chi connectivity index (χ1v) is 12.9. The molecule has 1 unspecified atom stereocenters. The first-order chi connectivity index (χ1) is 17.4. The molecular weight excluding hydrogens is 455 g/mol. The van der Waals surface area contributed by atoms with E-state index >= 15 is 0 Å². The average molecular weight is 489 g/mol. The molecule has 2 aromatic carbocycles. The van der Waals surface area contributed by atoms with Crippen molar-refractivity contribution in [3.63, 3.8) is 0 Å².